The van der Waals surface area contributed by atoms with Crippen molar-refractivity contribution in [1.29, 1.82) is 0 Å². The smallest absolute Gasteiger partial charge is 0.257 e. The van der Waals surface area contributed by atoms with Crippen LogP contribution in [0.3, 0.4) is 0 Å². The molecule has 0 aromatic heterocycles. The molecule has 3 nitrogen and oxygen atoms in total. The van der Waals surface area contributed by atoms with Crippen molar-refractivity contribution < 1.29 is 17.0 Å². The predicted molar refractivity (Wildman–Crippen MR) is 48.9 cm³/mol. The van der Waals surface area contributed by atoms with Gasteiger partial charge in [0.2, 0.25) is 0 Å². The maximum absolute atomic E-state index is 12.6. The van der Waals surface area contributed by atoms with Crippen LogP contribution < -0.4 is 0 Å². The number of hydrogen-bond acceptors (Lipinski definition) is 3. The minimum Gasteiger partial charge on any atom is -0.261 e. The van der Waals surface area contributed by atoms with Gasteiger partial charge in [-0.15, -0.1) is 0 Å². The summed E-state index contributed by atoms with van der Waals surface area (Å²) in [6, 6.07) is 3.87. The van der Waals surface area contributed by atoms with E-state index in [2.05, 4.69) is 20.1 Å². The minimum absolute atomic E-state index is 0.333. The van der Waals surface area contributed by atoms with Crippen molar-refractivity contribution in [2.75, 3.05) is 0 Å². The molecular weight excluding hydrogens is 263 g/mol. The van der Waals surface area contributed by atoms with Gasteiger partial charge in [-0.05, 0) is 18.2 Å². The lowest BCUT2D eigenvalue weighted by Gasteiger charge is -2.00. The monoisotopic (exact) mass is 267 g/mol. The van der Waals surface area contributed by atoms with E-state index in [1.807, 2.05) is 0 Å². The van der Waals surface area contributed by atoms with Gasteiger partial charge in [-0.2, -0.15) is 0 Å². The summed E-state index contributed by atoms with van der Waals surface area (Å²) in [4.78, 5) is 0. The highest BCUT2D eigenvalue weighted by atomic mass is 79.9. The molecule has 0 atom stereocenters. The number of thiol groups is 1. The van der Waals surface area contributed by atoms with Crippen LogP contribution in [-0.2, 0) is 15.2 Å². The molecule has 13 heavy (non-hydrogen) atoms. The fourth-order valence-electron chi connectivity index (χ4n) is 0.705. The largest absolute Gasteiger partial charge is 0.261 e. The van der Waals surface area contributed by atoms with Crippen LogP contribution in [0.1, 0.15) is 5.56 Å². The standard InChI is InChI=1S/C7H5BrFO3S/c8-7-2-1-6(9)3-5(7)4-12-13(10)11/h1-4,13H. The summed E-state index contributed by atoms with van der Waals surface area (Å²) in [6.45, 7) is 0.957. The highest BCUT2D eigenvalue weighted by Gasteiger charge is 2.02. The lowest BCUT2D eigenvalue weighted by molar-refractivity contribution is 0.428. The third kappa shape index (κ3) is 3.41. The molecule has 6 heteroatoms. The van der Waals surface area contributed by atoms with E-state index in [4.69, 9.17) is 0 Å². The average Bonchev–Trinajstić information content (AvgIpc) is 2.06. The fraction of sp³-hybridized carbons (Fsp3) is 0. The van der Waals surface area contributed by atoms with E-state index in [1.165, 1.54) is 12.1 Å². The zero-order valence-corrected chi connectivity index (χ0v) is 8.72. The Morgan fingerprint density at radius 1 is 1.46 bits per heavy atom. The lowest BCUT2D eigenvalue weighted by atomic mass is 10.2. The van der Waals surface area contributed by atoms with Crippen molar-refractivity contribution in [2.24, 2.45) is 0 Å². The second-order valence-corrected chi connectivity index (χ2v) is 3.63. The van der Waals surface area contributed by atoms with Crippen molar-refractivity contribution in [2.45, 2.75) is 0 Å². The fourth-order valence-corrected chi connectivity index (χ4v) is 1.24. The van der Waals surface area contributed by atoms with Gasteiger partial charge in [-0.3, -0.25) is 4.18 Å². The van der Waals surface area contributed by atoms with E-state index in [-0.39, 0.29) is 0 Å². The predicted octanol–water partition coefficient (Wildman–Crippen LogP) is 1.64. The molecule has 0 fully saturated rings. The number of halogens is 2. The Morgan fingerprint density at radius 3 is 2.77 bits per heavy atom. The molecule has 0 heterocycles. The van der Waals surface area contributed by atoms with Gasteiger partial charge in [-0.25, -0.2) is 12.8 Å². The molecule has 0 amide bonds. The van der Waals surface area contributed by atoms with Crippen LogP contribution in [-0.4, -0.2) is 8.42 Å². The first-order valence-electron chi connectivity index (χ1n) is 3.19. The molecule has 1 radical (unpaired) electrons. The third-order valence-electron chi connectivity index (χ3n) is 1.22. The molecule has 0 aliphatic heterocycles. The van der Waals surface area contributed by atoms with Gasteiger partial charge in [0, 0.05) is 10.0 Å². The molecule has 0 aliphatic carbocycles. The second kappa shape index (κ2) is 4.69. The molecule has 1 rings (SSSR count). The summed E-state index contributed by atoms with van der Waals surface area (Å²) >= 11 is 3.11. The summed E-state index contributed by atoms with van der Waals surface area (Å²) in [5, 5.41) is 0. The van der Waals surface area contributed by atoms with E-state index in [0.717, 1.165) is 12.7 Å². The summed E-state index contributed by atoms with van der Waals surface area (Å²) in [5.41, 5.74) is 0.333. The molecule has 0 unspecified atom stereocenters. The number of rotatable bonds is 3. The Labute approximate surface area is 84.8 Å². The van der Waals surface area contributed by atoms with Gasteiger partial charge in [0.15, 0.2) is 0 Å². The minimum atomic E-state index is -2.95. The maximum Gasteiger partial charge on any atom is 0.257 e. The topological polar surface area (TPSA) is 43.4 Å². The quantitative estimate of drug-likeness (QED) is 0.847. The maximum atomic E-state index is 12.6. The van der Waals surface area contributed by atoms with Gasteiger partial charge in [0.05, 0.1) is 0 Å². The summed E-state index contributed by atoms with van der Waals surface area (Å²) in [7, 11) is -2.95. The molecule has 0 spiro atoms. The van der Waals surface area contributed by atoms with Crippen LogP contribution in [0.2, 0.25) is 0 Å². The molecule has 0 N–H and O–H groups in total. The normalized spacial score (nSPS) is 10.7. The van der Waals surface area contributed by atoms with Gasteiger partial charge < -0.3 is 0 Å². The van der Waals surface area contributed by atoms with E-state index < -0.39 is 16.8 Å². The zero-order chi connectivity index (χ0) is 9.84. The van der Waals surface area contributed by atoms with Crippen molar-refractivity contribution in [3.63, 3.8) is 0 Å². The molecular formula is C7H5BrFO3S. The molecule has 71 valence electrons. The third-order valence-corrected chi connectivity index (χ3v) is 2.22. The van der Waals surface area contributed by atoms with E-state index in [0.29, 0.717) is 10.0 Å². The summed E-state index contributed by atoms with van der Waals surface area (Å²) < 4.78 is 37.5. The highest BCUT2D eigenvalue weighted by molar-refractivity contribution is 9.10. The van der Waals surface area contributed by atoms with Gasteiger partial charge in [0.25, 0.3) is 11.0 Å². The van der Waals surface area contributed by atoms with Crippen molar-refractivity contribution in [3.05, 3.63) is 40.7 Å². The number of hydrogen-bond donors (Lipinski definition) is 1. The summed E-state index contributed by atoms with van der Waals surface area (Å²) in [6.07, 6.45) is 0. The van der Waals surface area contributed by atoms with Crippen molar-refractivity contribution in [3.8, 4) is 0 Å². The SMILES string of the molecule is O=[SH](=O)O[CH]c1cc(F)ccc1Br. The Kier molecular flexibility index (Phi) is 3.83. The number of benzene rings is 1. The van der Waals surface area contributed by atoms with Gasteiger partial charge >= 0.3 is 0 Å². The van der Waals surface area contributed by atoms with Crippen LogP contribution in [0.5, 0.6) is 0 Å². The van der Waals surface area contributed by atoms with Crippen LogP contribution in [0.4, 0.5) is 4.39 Å². The van der Waals surface area contributed by atoms with Crippen LogP contribution in [0, 0.1) is 12.4 Å². The molecule has 0 aliphatic rings. The van der Waals surface area contributed by atoms with Crippen molar-refractivity contribution in [1.82, 2.24) is 0 Å². The molecule has 0 saturated heterocycles. The Balaban J connectivity index is 2.81. The average molecular weight is 268 g/mol. The lowest BCUT2D eigenvalue weighted by Crippen LogP contribution is -1.90. The van der Waals surface area contributed by atoms with Gasteiger partial charge in [-0.1, -0.05) is 15.9 Å². The van der Waals surface area contributed by atoms with Crippen LogP contribution in [0.25, 0.3) is 0 Å². The first-order valence-corrected chi connectivity index (χ1v) is 5.08. The summed E-state index contributed by atoms with van der Waals surface area (Å²) in [5.74, 6) is -0.459. The molecule has 1 aromatic carbocycles. The molecule has 0 saturated carbocycles. The van der Waals surface area contributed by atoms with Crippen LogP contribution in [0.15, 0.2) is 22.7 Å². The molecule has 0 bridgehead atoms. The second-order valence-electron chi connectivity index (χ2n) is 2.11. The zero-order valence-electron chi connectivity index (χ0n) is 6.24. The van der Waals surface area contributed by atoms with Crippen molar-refractivity contribution >= 4 is 26.9 Å². The molecule has 1 aromatic rings. The van der Waals surface area contributed by atoms with Gasteiger partial charge in [0.1, 0.15) is 12.4 Å². The Hall–Kier alpha value is -0.460. The first kappa shape index (κ1) is 10.6. The highest BCUT2D eigenvalue weighted by Crippen LogP contribution is 2.19. The Bertz CT molecular complexity index is 370. The first-order chi connectivity index (χ1) is 6.09. The van der Waals surface area contributed by atoms with E-state index in [1.54, 1.807) is 0 Å². The Morgan fingerprint density at radius 2 is 2.15 bits per heavy atom. The van der Waals surface area contributed by atoms with E-state index in [9.17, 15) is 12.8 Å². The van der Waals surface area contributed by atoms with E-state index >= 15 is 0 Å². The van der Waals surface area contributed by atoms with Crippen LogP contribution >= 0.6 is 15.9 Å².